The molecular weight excluding hydrogens is 178 g/mol. The van der Waals surface area contributed by atoms with Gasteiger partial charge in [0.2, 0.25) is 0 Å². The maximum atomic E-state index is 5.91. The minimum atomic E-state index is 0.154. The topological polar surface area (TPSA) is 41.7 Å². The van der Waals surface area contributed by atoms with Crippen molar-refractivity contribution in [2.45, 2.75) is 18.5 Å². The van der Waals surface area contributed by atoms with Gasteiger partial charge in [-0.15, -0.1) is 0 Å². The number of likely N-dealkylation sites (N-methyl/N-ethyl adjacent to an activating group) is 1. The molecule has 1 fully saturated rings. The van der Waals surface area contributed by atoms with Crippen LogP contribution in [0, 0.1) is 0 Å². The van der Waals surface area contributed by atoms with Crippen LogP contribution in [0.2, 0.25) is 0 Å². The van der Waals surface area contributed by atoms with E-state index in [0.717, 1.165) is 13.1 Å². The van der Waals surface area contributed by atoms with Crippen molar-refractivity contribution in [3.8, 4) is 0 Å². The van der Waals surface area contributed by atoms with E-state index in [0.29, 0.717) is 12.6 Å². The summed E-state index contributed by atoms with van der Waals surface area (Å²) in [6.07, 6.45) is 1.26. The van der Waals surface area contributed by atoms with Gasteiger partial charge in [0.25, 0.3) is 0 Å². The van der Waals surface area contributed by atoms with E-state index in [1.54, 1.807) is 7.11 Å². The highest BCUT2D eigenvalue weighted by Gasteiger charge is 2.24. The van der Waals surface area contributed by atoms with Crippen LogP contribution in [-0.4, -0.2) is 69.3 Å². The molecule has 0 radical (unpaired) electrons. The largest absolute Gasteiger partial charge is 0.383 e. The number of nitrogens with zero attached hydrogens (tertiary/aromatic N) is 2. The van der Waals surface area contributed by atoms with Gasteiger partial charge in [0, 0.05) is 32.3 Å². The first-order chi connectivity index (χ1) is 6.63. The SMILES string of the molecule is COCC(N)CN1CCC(N(C)C)C1. The van der Waals surface area contributed by atoms with Gasteiger partial charge < -0.3 is 20.3 Å². The van der Waals surface area contributed by atoms with Gasteiger partial charge in [-0.2, -0.15) is 0 Å². The highest BCUT2D eigenvalue weighted by molar-refractivity contribution is 4.82. The van der Waals surface area contributed by atoms with Crippen molar-refractivity contribution in [1.82, 2.24) is 9.80 Å². The number of ether oxygens (including phenoxy) is 1. The highest BCUT2D eigenvalue weighted by atomic mass is 16.5. The van der Waals surface area contributed by atoms with Crippen molar-refractivity contribution >= 4 is 0 Å². The van der Waals surface area contributed by atoms with Crippen LogP contribution in [0.3, 0.4) is 0 Å². The molecule has 14 heavy (non-hydrogen) atoms. The Hall–Kier alpha value is -0.160. The number of methoxy groups -OCH3 is 1. The van der Waals surface area contributed by atoms with Crippen LogP contribution in [0.4, 0.5) is 0 Å². The van der Waals surface area contributed by atoms with Gasteiger partial charge in [-0.3, -0.25) is 0 Å². The van der Waals surface area contributed by atoms with E-state index in [1.165, 1.54) is 13.0 Å². The van der Waals surface area contributed by atoms with Gasteiger partial charge in [-0.25, -0.2) is 0 Å². The van der Waals surface area contributed by atoms with E-state index in [2.05, 4.69) is 23.9 Å². The van der Waals surface area contributed by atoms with Gasteiger partial charge in [0.15, 0.2) is 0 Å². The van der Waals surface area contributed by atoms with Crippen LogP contribution in [-0.2, 0) is 4.74 Å². The molecule has 2 unspecified atom stereocenters. The minimum Gasteiger partial charge on any atom is -0.383 e. The van der Waals surface area contributed by atoms with E-state index < -0.39 is 0 Å². The summed E-state index contributed by atoms with van der Waals surface area (Å²) >= 11 is 0. The summed E-state index contributed by atoms with van der Waals surface area (Å²) < 4.78 is 5.03. The molecule has 0 aromatic rings. The lowest BCUT2D eigenvalue weighted by molar-refractivity contribution is 0.158. The molecule has 0 aromatic heterocycles. The molecule has 0 amide bonds. The van der Waals surface area contributed by atoms with E-state index in [4.69, 9.17) is 10.5 Å². The number of likely N-dealkylation sites (tertiary alicyclic amines) is 1. The van der Waals surface area contributed by atoms with Crippen molar-refractivity contribution in [2.24, 2.45) is 5.73 Å². The first-order valence-corrected chi connectivity index (χ1v) is 5.26. The van der Waals surface area contributed by atoms with Crippen molar-refractivity contribution in [1.29, 1.82) is 0 Å². The average Bonchev–Trinajstić information content (AvgIpc) is 2.53. The molecule has 1 rings (SSSR count). The van der Waals surface area contributed by atoms with E-state index in [-0.39, 0.29) is 6.04 Å². The summed E-state index contributed by atoms with van der Waals surface area (Å²) in [5, 5.41) is 0. The second-order valence-electron chi connectivity index (χ2n) is 4.38. The number of hydrogen-bond acceptors (Lipinski definition) is 4. The molecule has 2 N–H and O–H groups in total. The van der Waals surface area contributed by atoms with Crippen LogP contribution in [0.1, 0.15) is 6.42 Å². The summed E-state index contributed by atoms with van der Waals surface area (Å²) in [6.45, 7) is 3.92. The Morgan fingerprint density at radius 3 is 2.79 bits per heavy atom. The van der Waals surface area contributed by atoms with E-state index in [9.17, 15) is 0 Å². The quantitative estimate of drug-likeness (QED) is 0.657. The zero-order valence-electron chi connectivity index (χ0n) is 9.57. The third-order valence-corrected chi connectivity index (χ3v) is 2.85. The van der Waals surface area contributed by atoms with Crippen LogP contribution < -0.4 is 5.73 Å². The monoisotopic (exact) mass is 201 g/mol. The zero-order valence-corrected chi connectivity index (χ0v) is 9.57. The molecule has 2 atom stereocenters. The van der Waals surface area contributed by atoms with Gasteiger partial charge in [-0.05, 0) is 27.1 Å². The fraction of sp³-hybridized carbons (Fsp3) is 1.00. The molecule has 4 heteroatoms. The molecule has 1 aliphatic heterocycles. The molecule has 1 heterocycles. The number of nitrogens with two attached hydrogens (primary N) is 1. The van der Waals surface area contributed by atoms with Gasteiger partial charge >= 0.3 is 0 Å². The molecule has 0 spiro atoms. The smallest absolute Gasteiger partial charge is 0.0626 e. The van der Waals surface area contributed by atoms with E-state index in [1.807, 2.05) is 0 Å². The van der Waals surface area contributed by atoms with Gasteiger partial charge in [-0.1, -0.05) is 0 Å². The van der Waals surface area contributed by atoms with Crippen LogP contribution in [0.5, 0.6) is 0 Å². The first-order valence-electron chi connectivity index (χ1n) is 5.26. The van der Waals surface area contributed by atoms with Crippen molar-refractivity contribution in [2.75, 3.05) is 47.4 Å². The molecule has 1 saturated heterocycles. The Bertz CT molecular complexity index is 163. The normalized spacial score (nSPS) is 25.9. The molecule has 0 aromatic carbocycles. The van der Waals surface area contributed by atoms with Gasteiger partial charge in [0.05, 0.1) is 6.61 Å². The summed E-state index contributed by atoms with van der Waals surface area (Å²) in [5.74, 6) is 0. The Morgan fingerprint density at radius 1 is 1.57 bits per heavy atom. The molecular formula is C10H23N3O. The average molecular weight is 201 g/mol. The molecule has 0 saturated carbocycles. The summed E-state index contributed by atoms with van der Waals surface area (Å²) in [5.41, 5.74) is 5.91. The van der Waals surface area contributed by atoms with E-state index >= 15 is 0 Å². The number of hydrogen-bond donors (Lipinski definition) is 1. The predicted molar refractivity (Wildman–Crippen MR) is 58.4 cm³/mol. The molecule has 84 valence electrons. The second kappa shape index (κ2) is 5.66. The van der Waals surface area contributed by atoms with Crippen molar-refractivity contribution in [3.63, 3.8) is 0 Å². The third-order valence-electron chi connectivity index (χ3n) is 2.85. The Kier molecular flexibility index (Phi) is 4.81. The molecule has 4 nitrogen and oxygen atoms in total. The molecule has 1 aliphatic rings. The highest BCUT2D eigenvalue weighted by Crippen LogP contribution is 2.12. The Morgan fingerprint density at radius 2 is 2.29 bits per heavy atom. The predicted octanol–water partition coefficient (Wildman–Crippen LogP) is -0.404. The maximum absolute atomic E-state index is 5.91. The molecule has 0 aliphatic carbocycles. The van der Waals surface area contributed by atoms with Crippen LogP contribution >= 0.6 is 0 Å². The minimum absolute atomic E-state index is 0.154. The standard InChI is InChI=1S/C10H23N3O/c1-12(2)10-4-5-13(7-10)6-9(11)8-14-3/h9-10H,4-8,11H2,1-3H3. The Balaban J connectivity index is 2.21. The lowest BCUT2D eigenvalue weighted by Crippen LogP contribution is -2.40. The van der Waals surface area contributed by atoms with Crippen LogP contribution in [0.25, 0.3) is 0 Å². The molecule has 0 bridgehead atoms. The lowest BCUT2D eigenvalue weighted by atomic mass is 10.2. The first kappa shape index (κ1) is 11.9. The fourth-order valence-electron chi connectivity index (χ4n) is 2.00. The fourth-order valence-corrected chi connectivity index (χ4v) is 2.00. The third kappa shape index (κ3) is 3.53. The van der Waals surface area contributed by atoms with Crippen molar-refractivity contribution < 1.29 is 4.74 Å². The summed E-state index contributed by atoms with van der Waals surface area (Å²) in [7, 11) is 5.99. The zero-order chi connectivity index (χ0) is 10.6. The van der Waals surface area contributed by atoms with Gasteiger partial charge in [0.1, 0.15) is 0 Å². The number of rotatable bonds is 5. The Labute approximate surface area is 87.0 Å². The van der Waals surface area contributed by atoms with Crippen molar-refractivity contribution in [3.05, 3.63) is 0 Å². The maximum Gasteiger partial charge on any atom is 0.0626 e. The second-order valence-corrected chi connectivity index (χ2v) is 4.38. The summed E-state index contributed by atoms with van der Waals surface area (Å²) in [4.78, 5) is 4.72. The van der Waals surface area contributed by atoms with Crippen LogP contribution in [0.15, 0.2) is 0 Å². The lowest BCUT2D eigenvalue weighted by Gasteiger charge is -2.22. The summed E-state index contributed by atoms with van der Waals surface area (Å²) in [6, 6.07) is 0.852.